The van der Waals surface area contributed by atoms with Gasteiger partial charge in [0.05, 0.1) is 6.61 Å². The van der Waals surface area contributed by atoms with E-state index in [1.807, 2.05) is 12.1 Å². The highest BCUT2D eigenvalue weighted by molar-refractivity contribution is 14.1. The van der Waals surface area contributed by atoms with Gasteiger partial charge < -0.3 is 15.4 Å². The van der Waals surface area contributed by atoms with Crippen molar-refractivity contribution in [3.05, 3.63) is 27.8 Å². The lowest BCUT2D eigenvalue weighted by Crippen LogP contribution is -2.37. The van der Waals surface area contributed by atoms with Crippen molar-refractivity contribution < 1.29 is 4.74 Å². The van der Waals surface area contributed by atoms with Crippen LogP contribution >= 0.6 is 47.4 Å². The minimum Gasteiger partial charge on any atom is -0.494 e. The summed E-state index contributed by atoms with van der Waals surface area (Å²) in [6.45, 7) is 5.19. The maximum atomic E-state index is 5.77. The number of ether oxygens (including phenoxy) is 1. The lowest BCUT2D eigenvalue weighted by atomic mass is 9.97. The summed E-state index contributed by atoms with van der Waals surface area (Å²) in [6, 6.07) is 8.21. The maximum Gasteiger partial charge on any atom is 0.120 e. The van der Waals surface area contributed by atoms with E-state index >= 15 is 0 Å². The molecule has 6 heteroatoms. The highest BCUT2D eigenvalue weighted by Crippen LogP contribution is 2.17. The SMILES string of the molecule is Cl.Cl.NCC1CCN(CCCOc2cccc(I)c2)CC1. The maximum absolute atomic E-state index is 5.77. The summed E-state index contributed by atoms with van der Waals surface area (Å²) in [5.41, 5.74) is 5.71. The Balaban J connectivity index is 0.00000200. The van der Waals surface area contributed by atoms with Crippen LogP contribution in [0.2, 0.25) is 0 Å². The predicted octanol–water partition coefficient (Wildman–Crippen LogP) is 3.57. The zero-order valence-corrected chi connectivity index (χ0v) is 16.0. The van der Waals surface area contributed by atoms with Crippen molar-refractivity contribution in [2.24, 2.45) is 11.7 Å². The molecule has 21 heavy (non-hydrogen) atoms. The Kier molecular flexibility index (Phi) is 11.9. The molecule has 0 aliphatic carbocycles. The summed E-state index contributed by atoms with van der Waals surface area (Å²) in [5.74, 6) is 1.73. The summed E-state index contributed by atoms with van der Waals surface area (Å²) in [7, 11) is 0. The first-order valence-corrected chi connectivity index (χ1v) is 8.16. The third-order valence-electron chi connectivity index (χ3n) is 3.72. The molecule has 0 atom stereocenters. The summed E-state index contributed by atoms with van der Waals surface area (Å²) in [5, 5.41) is 0. The van der Waals surface area contributed by atoms with Crippen molar-refractivity contribution in [2.75, 3.05) is 32.8 Å². The van der Waals surface area contributed by atoms with Crippen LogP contribution in [-0.4, -0.2) is 37.7 Å². The molecule has 2 rings (SSSR count). The number of benzene rings is 1. The Hall–Kier alpha value is 0.250. The Morgan fingerprint density at radius 3 is 2.57 bits per heavy atom. The number of nitrogens with two attached hydrogens (primary N) is 1. The number of likely N-dealkylation sites (tertiary alicyclic amines) is 1. The molecule has 0 radical (unpaired) electrons. The Bertz CT molecular complexity index is 388. The van der Waals surface area contributed by atoms with E-state index < -0.39 is 0 Å². The van der Waals surface area contributed by atoms with Crippen molar-refractivity contribution in [3.8, 4) is 5.75 Å². The number of hydrogen-bond donors (Lipinski definition) is 1. The monoisotopic (exact) mass is 446 g/mol. The van der Waals surface area contributed by atoms with Crippen LogP contribution in [0.4, 0.5) is 0 Å². The molecule has 1 heterocycles. The van der Waals surface area contributed by atoms with Gasteiger partial charge in [-0.25, -0.2) is 0 Å². The van der Waals surface area contributed by atoms with Gasteiger partial charge in [-0.1, -0.05) is 6.07 Å². The van der Waals surface area contributed by atoms with Crippen molar-refractivity contribution >= 4 is 47.4 Å². The second-order valence-electron chi connectivity index (χ2n) is 5.18. The van der Waals surface area contributed by atoms with Crippen LogP contribution in [0.3, 0.4) is 0 Å². The van der Waals surface area contributed by atoms with Crippen molar-refractivity contribution in [2.45, 2.75) is 19.3 Å². The topological polar surface area (TPSA) is 38.5 Å². The van der Waals surface area contributed by atoms with Gasteiger partial charge in [0.15, 0.2) is 0 Å². The van der Waals surface area contributed by atoms with Crippen molar-refractivity contribution in [1.29, 1.82) is 0 Å². The van der Waals surface area contributed by atoms with E-state index in [9.17, 15) is 0 Å². The minimum atomic E-state index is 0. The van der Waals surface area contributed by atoms with Gasteiger partial charge >= 0.3 is 0 Å². The predicted molar refractivity (Wildman–Crippen MR) is 102 cm³/mol. The second-order valence-corrected chi connectivity index (χ2v) is 6.43. The average Bonchev–Trinajstić information content (AvgIpc) is 2.44. The van der Waals surface area contributed by atoms with Crippen molar-refractivity contribution in [3.63, 3.8) is 0 Å². The highest BCUT2D eigenvalue weighted by Gasteiger charge is 2.17. The Labute approximate surface area is 153 Å². The first-order valence-electron chi connectivity index (χ1n) is 7.08. The number of nitrogens with zero attached hydrogens (tertiary/aromatic N) is 1. The smallest absolute Gasteiger partial charge is 0.120 e. The fraction of sp³-hybridized carbons (Fsp3) is 0.600. The van der Waals surface area contributed by atoms with Gasteiger partial charge in [0.1, 0.15) is 5.75 Å². The molecule has 1 aromatic carbocycles. The number of piperidine rings is 1. The molecule has 0 spiro atoms. The zero-order valence-electron chi connectivity index (χ0n) is 12.2. The molecule has 3 nitrogen and oxygen atoms in total. The van der Waals surface area contributed by atoms with Gasteiger partial charge in [0, 0.05) is 10.1 Å². The van der Waals surface area contributed by atoms with Gasteiger partial charge in [-0.2, -0.15) is 0 Å². The Morgan fingerprint density at radius 2 is 1.95 bits per heavy atom. The van der Waals surface area contributed by atoms with Crippen LogP contribution < -0.4 is 10.5 Å². The molecule has 0 unspecified atom stereocenters. The van der Waals surface area contributed by atoms with E-state index in [0.717, 1.165) is 37.8 Å². The molecule has 1 aromatic rings. The summed E-state index contributed by atoms with van der Waals surface area (Å²) < 4.78 is 6.99. The molecule has 0 saturated carbocycles. The van der Waals surface area contributed by atoms with Crippen molar-refractivity contribution in [1.82, 2.24) is 4.90 Å². The summed E-state index contributed by atoms with van der Waals surface area (Å²) in [4.78, 5) is 2.53. The first-order chi connectivity index (χ1) is 9.28. The standard InChI is InChI=1S/C15H23IN2O.2ClH/c16-14-3-1-4-15(11-14)19-10-2-7-18-8-5-13(12-17)6-9-18;;/h1,3-4,11,13H,2,5-10,12,17H2;2*1H. The average molecular weight is 447 g/mol. The number of halogens is 3. The number of rotatable bonds is 6. The fourth-order valence-corrected chi connectivity index (χ4v) is 3.00. The van der Waals surface area contributed by atoms with Crippen LogP contribution in [0.1, 0.15) is 19.3 Å². The van der Waals surface area contributed by atoms with Gasteiger partial charge in [0.2, 0.25) is 0 Å². The van der Waals surface area contributed by atoms with E-state index in [4.69, 9.17) is 10.5 Å². The van der Waals surface area contributed by atoms with Crippen LogP contribution in [0.15, 0.2) is 24.3 Å². The highest BCUT2D eigenvalue weighted by atomic mass is 127. The quantitative estimate of drug-likeness (QED) is 0.536. The van der Waals surface area contributed by atoms with Crippen LogP contribution in [0, 0.1) is 9.49 Å². The van der Waals surface area contributed by atoms with E-state index in [1.165, 1.54) is 29.5 Å². The Morgan fingerprint density at radius 1 is 1.24 bits per heavy atom. The molecule has 0 aromatic heterocycles. The largest absolute Gasteiger partial charge is 0.494 e. The molecule has 122 valence electrons. The van der Waals surface area contributed by atoms with E-state index in [1.54, 1.807) is 0 Å². The van der Waals surface area contributed by atoms with Gasteiger partial charge in [-0.3, -0.25) is 0 Å². The molecule has 2 N–H and O–H groups in total. The molecule has 1 saturated heterocycles. The molecule has 0 bridgehead atoms. The van der Waals surface area contributed by atoms with E-state index in [0.29, 0.717) is 0 Å². The van der Waals surface area contributed by atoms with E-state index in [2.05, 4.69) is 39.6 Å². The zero-order chi connectivity index (χ0) is 13.5. The van der Waals surface area contributed by atoms with Gasteiger partial charge in [-0.05, 0) is 85.6 Å². The lowest BCUT2D eigenvalue weighted by molar-refractivity contribution is 0.173. The van der Waals surface area contributed by atoms with Gasteiger partial charge in [0.25, 0.3) is 0 Å². The third-order valence-corrected chi connectivity index (χ3v) is 4.39. The number of hydrogen-bond acceptors (Lipinski definition) is 3. The lowest BCUT2D eigenvalue weighted by Gasteiger charge is -2.31. The van der Waals surface area contributed by atoms with E-state index in [-0.39, 0.29) is 24.8 Å². The third kappa shape index (κ3) is 7.88. The normalized spacial score (nSPS) is 15.9. The van der Waals surface area contributed by atoms with Crippen LogP contribution in [0.5, 0.6) is 5.75 Å². The molecular weight excluding hydrogens is 422 g/mol. The minimum absolute atomic E-state index is 0. The first kappa shape index (κ1) is 21.2. The summed E-state index contributed by atoms with van der Waals surface area (Å²) >= 11 is 2.31. The molecule has 1 fully saturated rings. The molecule has 0 amide bonds. The summed E-state index contributed by atoms with van der Waals surface area (Å²) in [6.07, 6.45) is 3.61. The van der Waals surface area contributed by atoms with Gasteiger partial charge in [-0.15, -0.1) is 24.8 Å². The van der Waals surface area contributed by atoms with Crippen LogP contribution in [-0.2, 0) is 0 Å². The molecule has 1 aliphatic heterocycles. The molecular formula is C15H25Cl2IN2O. The fourth-order valence-electron chi connectivity index (χ4n) is 2.48. The van der Waals surface area contributed by atoms with Crippen LogP contribution in [0.25, 0.3) is 0 Å². The second kappa shape index (κ2) is 11.8. The molecule has 1 aliphatic rings.